The molecule has 2 aliphatic rings. The molecule has 2 fully saturated rings. The molecule has 0 unspecified atom stereocenters. The van der Waals surface area contributed by atoms with Crippen LogP contribution in [0.4, 0.5) is 0 Å². The number of benzene rings is 1. The highest BCUT2D eigenvalue weighted by Crippen LogP contribution is 2.34. The summed E-state index contributed by atoms with van der Waals surface area (Å²) >= 11 is 0. The Labute approximate surface area is 161 Å². The Morgan fingerprint density at radius 2 is 2.22 bits per heavy atom. The van der Waals surface area contributed by atoms with Gasteiger partial charge in [-0.3, -0.25) is 4.90 Å². The van der Waals surface area contributed by atoms with E-state index in [0.29, 0.717) is 12.5 Å². The third-order valence-electron chi connectivity index (χ3n) is 5.97. The van der Waals surface area contributed by atoms with Crippen LogP contribution in [-0.4, -0.2) is 57.9 Å². The van der Waals surface area contributed by atoms with Gasteiger partial charge in [-0.2, -0.15) is 0 Å². The number of hydrogen-bond donors (Lipinski definition) is 2. The minimum Gasteiger partial charge on any atom is -0.493 e. The van der Waals surface area contributed by atoms with Crippen molar-refractivity contribution < 1.29 is 9.84 Å². The Kier molecular flexibility index (Phi) is 5.76. The monoisotopic (exact) mass is 370 g/mol. The zero-order valence-corrected chi connectivity index (χ0v) is 15.9. The number of nitrogens with zero attached hydrogens (tertiary/aromatic N) is 3. The topological polar surface area (TPSA) is 62.6 Å². The van der Waals surface area contributed by atoms with E-state index in [9.17, 15) is 5.11 Å². The van der Waals surface area contributed by atoms with Gasteiger partial charge in [-0.25, -0.2) is 4.98 Å². The highest BCUT2D eigenvalue weighted by atomic mass is 16.5. The largest absolute Gasteiger partial charge is 0.493 e. The van der Waals surface area contributed by atoms with Crippen molar-refractivity contribution in [1.82, 2.24) is 19.8 Å². The van der Waals surface area contributed by atoms with Crippen LogP contribution in [0.25, 0.3) is 0 Å². The van der Waals surface area contributed by atoms with Crippen LogP contribution in [0.5, 0.6) is 5.75 Å². The van der Waals surface area contributed by atoms with E-state index in [1.807, 2.05) is 18.6 Å². The SMILES string of the molecule is O[C@]12CCNC[C@H]1CN(Cc1ccccc1OCCCn1ccnc1)CC2. The van der Waals surface area contributed by atoms with Gasteiger partial charge in [0.2, 0.25) is 0 Å². The second-order valence-electron chi connectivity index (χ2n) is 7.85. The maximum absolute atomic E-state index is 10.9. The van der Waals surface area contributed by atoms with Crippen molar-refractivity contribution in [3.8, 4) is 5.75 Å². The van der Waals surface area contributed by atoms with Crippen molar-refractivity contribution in [3.05, 3.63) is 48.5 Å². The fourth-order valence-corrected chi connectivity index (χ4v) is 4.30. The maximum atomic E-state index is 10.9. The number of aliphatic hydroxyl groups is 1. The summed E-state index contributed by atoms with van der Waals surface area (Å²) in [5.74, 6) is 1.30. The van der Waals surface area contributed by atoms with Gasteiger partial charge in [0, 0.05) is 56.6 Å². The quantitative estimate of drug-likeness (QED) is 0.729. The van der Waals surface area contributed by atoms with E-state index >= 15 is 0 Å². The van der Waals surface area contributed by atoms with Crippen LogP contribution in [0.3, 0.4) is 0 Å². The number of piperidine rings is 2. The average Bonchev–Trinajstić information content (AvgIpc) is 3.20. The van der Waals surface area contributed by atoms with Crippen molar-refractivity contribution in [2.45, 2.75) is 38.0 Å². The smallest absolute Gasteiger partial charge is 0.123 e. The minimum absolute atomic E-state index is 0.322. The molecule has 27 heavy (non-hydrogen) atoms. The molecule has 6 nitrogen and oxygen atoms in total. The number of imidazole rings is 1. The summed E-state index contributed by atoms with van der Waals surface area (Å²) in [6, 6.07) is 8.34. The molecule has 2 aliphatic heterocycles. The Balaban J connectivity index is 1.31. The van der Waals surface area contributed by atoms with E-state index in [0.717, 1.165) is 64.3 Å². The third kappa shape index (κ3) is 4.51. The zero-order valence-electron chi connectivity index (χ0n) is 15.9. The predicted molar refractivity (Wildman–Crippen MR) is 105 cm³/mol. The van der Waals surface area contributed by atoms with Gasteiger partial charge < -0.3 is 19.7 Å². The average molecular weight is 370 g/mol. The molecule has 4 rings (SSSR count). The first-order valence-electron chi connectivity index (χ1n) is 10.0. The third-order valence-corrected chi connectivity index (χ3v) is 5.97. The Bertz CT molecular complexity index is 721. The standard InChI is InChI=1S/C21H30N4O2/c26-21-6-8-22-14-19(21)16-25(11-7-21)15-18-4-1-2-5-20(18)27-13-3-10-24-12-9-23-17-24/h1-2,4-5,9,12,17,19,22,26H,3,6-8,10-11,13-16H2/t19-,21-/m0/s1. The van der Waals surface area contributed by atoms with Crippen LogP contribution >= 0.6 is 0 Å². The Morgan fingerprint density at radius 1 is 1.30 bits per heavy atom. The van der Waals surface area contributed by atoms with Gasteiger partial charge in [0.25, 0.3) is 0 Å². The van der Waals surface area contributed by atoms with Crippen LogP contribution in [0.2, 0.25) is 0 Å². The van der Waals surface area contributed by atoms with E-state index in [1.165, 1.54) is 5.56 Å². The molecular weight excluding hydrogens is 340 g/mol. The molecule has 1 aromatic heterocycles. The first-order chi connectivity index (χ1) is 13.2. The van der Waals surface area contributed by atoms with Crippen molar-refractivity contribution in [2.24, 2.45) is 5.92 Å². The fraction of sp³-hybridized carbons (Fsp3) is 0.571. The van der Waals surface area contributed by atoms with Crippen molar-refractivity contribution in [2.75, 3.05) is 32.8 Å². The summed E-state index contributed by atoms with van der Waals surface area (Å²) in [5, 5.41) is 14.3. The van der Waals surface area contributed by atoms with Crippen LogP contribution in [0, 0.1) is 5.92 Å². The number of rotatable bonds is 7. The van der Waals surface area contributed by atoms with Crippen molar-refractivity contribution in [1.29, 1.82) is 0 Å². The normalized spacial score (nSPS) is 25.9. The summed E-state index contributed by atoms with van der Waals surface area (Å²) in [7, 11) is 0. The molecule has 2 aromatic rings. The van der Waals surface area contributed by atoms with Gasteiger partial charge in [-0.05, 0) is 31.9 Å². The molecule has 0 amide bonds. The van der Waals surface area contributed by atoms with Crippen LogP contribution in [-0.2, 0) is 13.1 Å². The summed E-state index contributed by atoms with van der Waals surface area (Å²) in [6.07, 6.45) is 8.32. The second-order valence-corrected chi connectivity index (χ2v) is 7.85. The molecule has 0 radical (unpaired) electrons. The molecule has 3 heterocycles. The lowest BCUT2D eigenvalue weighted by atomic mass is 9.76. The Hall–Kier alpha value is -1.89. The lowest BCUT2D eigenvalue weighted by Gasteiger charge is -2.47. The summed E-state index contributed by atoms with van der Waals surface area (Å²) in [4.78, 5) is 6.52. The van der Waals surface area contributed by atoms with Crippen molar-refractivity contribution >= 4 is 0 Å². The van der Waals surface area contributed by atoms with Crippen LogP contribution in [0.1, 0.15) is 24.8 Å². The zero-order chi connectivity index (χ0) is 18.5. The number of ether oxygens (including phenoxy) is 1. The second kappa shape index (κ2) is 8.42. The highest BCUT2D eigenvalue weighted by molar-refractivity contribution is 5.33. The molecule has 1 aromatic carbocycles. The molecule has 2 N–H and O–H groups in total. The van der Waals surface area contributed by atoms with Gasteiger partial charge in [-0.15, -0.1) is 0 Å². The maximum Gasteiger partial charge on any atom is 0.123 e. The number of nitrogens with one attached hydrogen (secondary N) is 1. The molecule has 6 heteroatoms. The predicted octanol–water partition coefficient (Wildman–Crippen LogP) is 1.90. The molecule has 0 spiro atoms. The molecule has 2 atom stereocenters. The molecule has 2 saturated heterocycles. The molecule has 0 saturated carbocycles. The van der Waals surface area contributed by atoms with Crippen LogP contribution in [0.15, 0.2) is 43.0 Å². The number of fused-ring (bicyclic) bond motifs is 1. The molecular formula is C21H30N4O2. The lowest BCUT2D eigenvalue weighted by Crippen LogP contribution is -2.58. The van der Waals surface area contributed by atoms with E-state index in [-0.39, 0.29) is 0 Å². The summed E-state index contributed by atoms with van der Waals surface area (Å²) < 4.78 is 8.15. The van der Waals surface area contributed by atoms with Gasteiger partial charge in [-0.1, -0.05) is 18.2 Å². The van der Waals surface area contributed by atoms with E-state index in [1.54, 1.807) is 6.20 Å². The number of para-hydroxylation sites is 1. The highest BCUT2D eigenvalue weighted by Gasteiger charge is 2.42. The summed E-state index contributed by atoms with van der Waals surface area (Å²) in [6.45, 7) is 6.23. The molecule has 0 aliphatic carbocycles. The lowest BCUT2D eigenvalue weighted by molar-refractivity contribution is -0.0900. The van der Waals surface area contributed by atoms with E-state index in [4.69, 9.17) is 4.74 Å². The number of aromatic nitrogens is 2. The molecule has 146 valence electrons. The summed E-state index contributed by atoms with van der Waals surface area (Å²) in [5.41, 5.74) is 0.764. The van der Waals surface area contributed by atoms with Gasteiger partial charge in [0.1, 0.15) is 5.75 Å². The van der Waals surface area contributed by atoms with Gasteiger partial charge in [0.15, 0.2) is 0 Å². The van der Waals surface area contributed by atoms with E-state index in [2.05, 4.69) is 38.0 Å². The number of hydrogen-bond acceptors (Lipinski definition) is 5. The van der Waals surface area contributed by atoms with Gasteiger partial charge in [0.05, 0.1) is 18.5 Å². The Morgan fingerprint density at radius 3 is 3.11 bits per heavy atom. The first-order valence-corrected chi connectivity index (χ1v) is 10.0. The number of aryl methyl sites for hydroxylation is 1. The first kappa shape index (κ1) is 18.5. The van der Waals surface area contributed by atoms with Crippen molar-refractivity contribution in [3.63, 3.8) is 0 Å². The fourth-order valence-electron chi connectivity index (χ4n) is 4.30. The van der Waals surface area contributed by atoms with Gasteiger partial charge >= 0.3 is 0 Å². The minimum atomic E-state index is -0.467. The van der Waals surface area contributed by atoms with E-state index < -0.39 is 5.60 Å². The molecule has 0 bridgehead atoms. The van der Waals surface area contributed by atoms with Crippen LogP contribution < -0.4 is 10.1 Å². The number of likely N-dealkylation sites (tertiary alicyclic amines) is 1.